The smallest absolute Gasteiger partial charge is 0.236 e. The Bertz CT molecular complexity index is 460. The first-order valence-electron chi connectivity index (χ1n) is 5.43. The molecule has 0 atom stereocenters. The molecule has 0 spiro atoms. The van der Waals surface area contributed by atoms with E-state index in [1.807, 2.05) is 6.92 Å². The van der Waals surface area contributed by atoms with Crippen LogP contribution in [0, 0.1) is 0 Å². The maximum Gasteiger partial charge on any atom is 0.236 e. The van der Waals surface area contributed by atoms with Gasteiger partial charge in [-0.3, -0.25) is 4.31 Å². The van der Waals surface area contributed by atoms with Gasteiger partial charge in [-0.2, -0.15) is 0 Å². The average molecular weight is 258 g/mol. The van der Waals surface area contributed by atoms with Crippen LogP contribution in [-0.2, 0) is 10.0 Å². The van der Waals surface area contributed by atoms with E-state index in [4.69, 9.17) is 0 Å². The van der Waals surface area contributed by atoms with Gasteiger partial charge in [0, 0.05) is 19.7 Å². The second-order valence-electron chi connectivity index (χ2n) is 3.66. The molecule has 0 amide bonds. The van der Waals surface area contributed by atoms with Crippen molar-refractivity contribution in [2.75, 3.05) is 30.2 Å². The molecule has 0 aliphatic carbocycles. The number of phenols is 1. The van der Waals surface area contributed by atoms with Crippen LogP contribution in [0.5, 0.6) is 5.75 Å². The Balaban J connectivity index is 2.78. The van der Waals surface area contributed by atoms with Gasteiger partial charge in [-0.05, 0) is 18.7 Å². The summed E-state index contributed by atoms with van der Waals surface area (Å²) >= 11 is 0. The van der Waals surface area contributed by atoms with Gasteiger partial charge in [0.2, 0.25) is 10.0 Å². The number of hydrogen-bond acceptors (Lipinski definition) is 4. The number of nitrogens with one attached hydrogen (secondary N) is 1. The second kappa shape index (κ2) is 5.88. The van der Waals surface area contributed by atoms with E-state index in [1.165, 1.54) is 23.5 Å². The predicted molar refractivity (Wildman–Crippen MR) is 68.8 cm³/mol. The lowest BCUT2D eigenvalue weighted by atomic mass is 10.3. The summed E-state index contributed by atoms with van der Waals surface area (Å²) in [6.07, 6.45) is 0. The lowest BCUT2D eigenvalue weighted by Crippen LogP contribution is -2.33. The first-order valence-corrected chi connectivity index (χ1v) is 7.04. The fourth-order valence-electron chi connectivity index (χ4n) is 1.36. The minimum absolute atomic E-state index is 0.0347. The van der Waals surface area contributed by atoms with Crippen molar-refractivity contribution in [1.29, 1.82) is 0 Å². The molecule has 0 saturated heterocycles. The van der Waals surface area contributed by atoms with Crippen LogP contribution >= 0.6 is 0 Å². The van der Waals surface area contributed by atoms with Gasteiger partial charge in [0.25, 0.3) is 0 Å². The molecule has 0 fully saturated rings. The van der Waals surface area contributed by atoms with Gasteiger partial charge in [-0.25, -0.2) is 8.42 Å². The molecule has 1 aromatic rings. The van der Waals surface area contributed by atoms with Gasteiger partial charge in [-0.15, -0.1) is 0 Å². The molecule has 0 radical (unpaired) electrons. The third-order valence-corrected chi connectivity index (χ3v) is 4.16. The molecule has 0 aliphatic rings. The standard InChI is InChI=1S/C11H18N2O3S/c1-3-12-7-8-17(15,16)13(2)10-5-4-6-11(14)9-10/h4-6,9,12,14H,3,7-8H2,1-2H3. The molecule has 17 heavy (non-hydrogen) atoms. The number of aromatic hydroxyl groups is 1. The SMILES string of the molecule is CCNCCS(=O)(=O)N(C)c1cccc(O)c1. The van der Waals surface area contributed by atoms with Crippen molar-refractivity contribution in [3.63, 3.8) is 0 Å². The predicted octanol–water partition coefficient (Wildman–Crippen LogP) is 0.768. The Hall–Kier alpha value is -1.27. The first kappa shape index (κ1) is 13.8. The van der Waals surface area contributed by atoms with E-state index < -0.39 is 10.0 Å². The van der Waals surface area contributed by atoms with E-state index in [2.05, 4.69) is 5.32 Å². The zero-order valence-electron chi connectivity index (χ0n) is 10.0. The van der Waals surface area contributed by atoms with Crippen LogP contribution < -0.4 is 9.62 Å². The molecular weight excluding hydrogens is 240 g/mol. The summed E-state index contributed by atoms with van der Waals surface area (Å²) < 4.78 is 25.0. The van der Waals surface area contributed by atoms with E-state index in [1.54, 1.807) is 12.1 Å². The van der Waals surface area contributed by atoms with Gasteiger partial charge in [0.05, 0.1) is 11.4 Å². The zero-order chi connectivity index (χ0) is 12.9. The lowest BCUT2D eigenvalue weighted by molar-refractivity contribution is 0.475. The Labute approximate surface area is 102 Å². The molecule has 5 nitrogen and oxygen atoms in total. The monoisotopic (exact) mass is 258 g/mol. The summed E-state index contributed by atoms with van der Waals surface area (Å²) in [7, 11) is -1.86. The Morgan fingerprint density at radius 3 is 2.71 bits per heavy atom. The molecule has 0 bridgehead atoms. The number of anilines is 1. The molecule has 96 valence electrons. The van der Waals surface area contributed by atoms with E-state index in [-0.39, 0.29) is 11.5 Å². The van der Waals surface area contributed by atoms with Crippen LogP contribution in [0.1, 0.15) is 6.92 Å². The van der Waals surface area contributed by atoms with Gasteiger partial charge >= 0.3 is 0 Å². The largest absolute Gasteiger partial charge is 0.508 e. The summed E-state index contributed by atoms with van der Waals surface area (Å²) in [6.45, 7) is 3.08. The van der Waals surface area contributed by atoms with Crippen LogP contribution in [0.3, 0.4) is 0 Å². The Morgan fingerprint density at radius 1 is 1.41 bits per heavy atom. The molecule has 0 unspecified atom stereocenters. The molecule has 0 heterocycles. The van der Waals surface area contributed by atoms with Gasteiger partial charge in [0.15, 0.2) is 0 Å². The van der Waals surface area contributed by atoms with E-state index in [0.717, 1.165) is 6.54 Å². The number of phenolic OH excluding ortho intramolecular Hbond substituents is 1. The normalized spacial score (nSPS) is 11.4. The number of benzene rings is 1. The fraction of sp³-hybridized carbons (Fsp3) is 0.455. The van der Waals surface area contributed by atoms with Crippen LogP contribution in [-0.4, -0.2) is 39.4 Å². The molecule has 6 heteroatoms. The van der Waals surface area contributed by atoms with Crippen molar-refractivity contribution in [2.45, 2.75) is 6.92 Å². The van der Waals surface area contributed by atoms with Gasteiger partial charge < -0.3 is 10.4 Å². The van der Waals surface area contributed by atoms with Gasteiger partial charge in [-0.1, -0.05) is 13.0 Å². The Morgan fingerprint density at radius 2 is 2.12 bits per heavy atom. The maximum absolute atomic E-state index is 11.9. The highest BCUT2D eigenvalue weighted by molar-refractivity contribution is 7.92. The van der Waals surface area contributed by atoms with Crippen molar-refractivity contribution in [3.05, 3.63) is 24.3 Å². The molecule has 1 aromatic carbocycles. The van der Waals surface area contributed by atoms with Crippen molar-refractivity contribution in [2.24, 2.45) is 0 Å². The van der Waals surface area contributed by atoms with Crippen LogP contribution in [0.25, 0.3) is 0 Å². The maximum atomic E-state index is 11.9. The number of hydrogen-bond donors (Lipinski definition) is 2. The third-order valence-electron chi connectivity index (χ3n) is 2.40. The zero-order valence-corrected chi connectivity index (χ0v) is 10.9. The Kier molecular flexibility index (Phi) is 4.77. The summed E-state index contributed by atoms with van der Waals surface area (Å²) in [5.74, 6) is 0.0868. The average Bonchev–Trinajstić information content (AvgIpc) is 2.28. The van der Waals surface area contributed by atoms with Crippen LogP contribution in [0.4, 0.5) is 5.69 Å². The number of sulfonamides is 1. The molecule has 1 rings (SSSR count). The topological polar surface area (TPSA) is 69.6 Å². The fourth-order valence-corrected chi connectivity index (χ4v) is 2.48. The van der Waals surface area contributed by atoms with E-state index >= 15 is 0 Å². The highest BCUT2D eigenvalue weighted by Gasteiger charge is 2.17. The lowest BCUT2D eigenvalue weighted by Gasteiger charge is -2.19. The summed E-state index contributed by atoms with van der Waals surface area (Å²) in [6, 6.07) is 6.18. The van der Waals surface area contributed by atoms with Crippen LogP contribution in [0.15, 0.2) is 24.3 Å². The summed E-state index contributed by atoms with van der Waals surface area (Å²) in [5.41, 5.74) is 0.460. The minimum atomic E-state index is -3.34. The molecule has 0 aliphatic heterocycles. The highest BCUT2D eigenvalue weighted by atomic mass is 32.2. The summed E-state index contributed by atoms with van der Waals surface area (Å²) in [4.78, 5) is 0. The molecule has 2 N–H and O–H groups in total. The minimum Gasteiger partial charge on any atom is -0.508 e. The van der Waals surface area contributed by atoms with E-state index in [9.17, 15) is 13.5 Å². The highest BCUT2D eigenvalue weighted by Crippen LogP contribution is 2.21. The van der Waals surface area contributed by atoms with Crippen molar-refractivity contribution >= 4 is 15.7 Å². The second-order valence-corrected chi connectivity index (χ2v) is 5.78. The number of nitrogens with zero attached hydrogens (tertiary/aromatic N) is 1. The third kappa shape index (κ3) is 3.90. The van der Waals surface area contributed by atoms with E-state index in [0.29, 0.717) is 12.2 Å². The van der Waals surface area contributed by atoms with Gasteiger partial charge in [0.1, 0.15) is 5.75 Å². The van der Waals surface area contributed by atoms with Crippen molar-refractivity contribution in [1.82, 2.24) is 5.32 Å². The molecular formula is C11H18N2O3S. The van der Waals surface area contributed by atoms with Crippen LogP contribution in [0.2, 0.25) is 0 Å². The van der Waals surface area contributed by atoms with Crippen molar-refractivity contribution < 1.29 is 13.5 Å². The van der Waals surface area contributed by atoms with Crippen molar-refractivity contribution in [3.8, 4) is 5.75 Å². The number of rotatable bonds is 6. The molecule has 0 saturated carbocycles. The summed E-state index contributed by atoms with van der Waals surface area (Å²) in [5, 5.41) is 12.3. The molecule has 0 aromatic heterocycles. The first-order chi connectivity index (χ1) is 7.97. The quantitative estimate of drug-likeness (QED) is 0.739.